The molecule has 1 aliphatic carbocycles. The molecular formula is C68H132N2O7. The van der Waals surface area contributed by atoms with E-state index in [0.29, 0.717) is 63.5 Å². The molecule has 0 spiro atoms. The number of carbonyl (C=O) groups is 3. The van der Waals surface area contributed by atoms with E-state index in [9.17, 15) is 19.5 Å². The summed E-state index contributed by atoms with van der Waals surface area (Å²) in [5, 5.41) is 10.1. The number of carbonyl (C=O) groups excluding carboxylic acids is 3. The summed E-state index contributed by atoms with van der Waals surface area (Å²) in [5.41, 5.74) is 0. The molecule has 9 nitrogen and oxygen atoms in total. The number of hydrogen-bond acceptors (Lipinski definition) is 9. The number of esters is 3. The summed E-state index contributed by atoms with van der Waals surface area (Å²) in [6.07, 6.45) is 54.6. The predicted molar refractivity (Wildman–Crippen MR) is 328 cm³/mol. The van der Waals surface area contributed by atoms with E-state index >= 15 is 0 Å². The minimum absolute atomic E-state index is 0.00316. The zero-order chi connectivity index (χ0) is 55.9. The fraction of sp³-hybridized carbons (Fsp3) is 0.956. The Morgan fingerprint density at radius 1 is 0.377 bits per heavy atom. The van der Waals surface area contributed by atoms with Crippen LogP contribution in [0, 0.1) is 17.8 Å². The van der Waals surface area contributed by atoms with Gasteiger partial charge in [-0.15, -0.1) is 0 Å². The minimum Gasteiger partial charge on any atom is -0.465 e. The summed E-state index contributed by atoms with van der Waals surface area (Å²) in [6, 6.07) is 0.585. The van der Waals surface area contributed by atoms with Crippen molar-refractivity contribution in [3.8, 4) is 0 Å². The number of rotatable bonds is 58. The minimum atomic E-state index is -0.112. The van der Waals surface area contributed by atoms with E-state index in [4.69, 9.17) is 14.2 Å². The third-order valence-electron chi connectivity index (χ3n) is 17.1. The van der Waals surface area contributed by atoms with Crippen molar-refractivity contribution in [3.05, 3.63) is 0 Å². The van der Waals surface area contributed by atoms with Crippen LogP contribution in [0.1, 0.15) is 336 Å². The molecule has 0 aromatic rings. The Balaban J connectivity index is 2.82. The molecule has 0 aliphatic heterocycles. The van der Waals surface area contributed by atoms with Crippen molar-refractivity contribution >= 4 is 17.9 Å². The Bertz CT molecular complexity index is 1280. The molecular weight excluding hydrogens is 957 g/mol. The van der Waals surface area contributed by atoms with E-state index in [1.165, 1.54) is 218 Å². The Hall–Kier alpha value is -1.71. The maximum Gasteiger partial charge on any atom is 0.306 e. The van der Waals surface area contributed by atoms with Crippen LogP contribution in [-0.2, 0) is 28.6 Å². The van der Waals surface area contributed by atoms with Gasteiger partial charge in [-0.25, -0.2) is 0 Å². The largest absolute Gasteiger partial charge is 0.465 e. The Labute approximate surface area is 478 Å². The highest BCUT2D eigenvalue weighted by Gasteiger charge is 2.23. The van der Waals surface area contributed by atoms with E-state index in [1.807, 2.05) is 0 Å². The van der Waals surface area contributed by atoms with Crippen LogP contribution in [0.3, 0.4) is 0 Å². The molecule has 3 atom stereocenters. The van der Waals surface area contributed by atoms with Crippen LogP contribution in [0.5, 0.6) is 0 Å². The first-order valence-corrected chi connectivity index (χ1v) is 34.3. The van der Waals surface area contributed by atoms with Crippen molar-refractivity contribution in [3.63, 3.8) is 0 Å². The van der Waals surface area contributed by atoms with Crippen LogP contribution in [0.4, 0.5) is 0 Å². The van der Waals surface area contributed by atoms with Gasteiger partial charge in [0, 0.05) is 50.9 Å². The highest BCUT2D eigenvalue weighted by molar-refractivity contribution is 5.70. The average molecular weight is 1090 g/mol. The number of aliphatic hydroxyl groups excluding tert-OH is 1. The molecule has 0 bridgehead atoms. The summed E-state index contributed by atoms with van der Waals surface area (Å²) < 4.78 is 18.0. The predicted octanol–water partition coefficient (Wildman–Crippen LogP) is 18.9. The lowest BCUT2D eigenvalue weighted by Gasteiger charge is -2.33. The lowest BCUT2D eigenvalue weighted by molar-refractivity contribution is -0.150. The van der Waals surface area contributed by atoms with Gasteiger partial charge >= 0.3 is 17.9 Å². The number of nitrogens with zero attached hydrogens (tertiary/aromatic N) is 2. The second kappa shape index (κ2) is 56.2. The Morgan fingerprint density at radius 2 is 0.740 bits per heavy atom. The molecule has 0 amide bonds. The molecule has 1 saturated carbocycles. The first kappa shape index (κ1) is 73.3. The van der Waals surface area contributed by atoms with Crippen LogP contribution in [0.15, 0.2) is 0 Å². The summed E-state index contributed by atoms with van der Waals surface area (Å²) in [6.45, 7) is 17.3. The second-order valence-electron chi connectivity index (χ2n) is 24.4. The summed E-state index contributed by atoms with van der Waals surface area (Å²) in [7, 11) is 0. The number of hydrogen-bond donors (Lipinski definition) is 1. The molecule has 9 heteroatoms. The first-order valence-electron chi connectivity index (χ1n) is 34.3. The van der Waals surface area contributed by atoms with Gasteiger partial charge in [-0.05, 0) is 95.6 Å². The second-order valence-corrected chi connectivity index (χ2v) is 24.4. The van der Waals surface area contributed by atoms with Crippen LogP contribution < -0.4 is 0 Å². The quantitative estimate of drug-likeness (QED) is 0.0276. The smallest absolute Gasteiger partial charge is 0.306 e. The number of aliphatic hydroxyl groups is 1. The SMILES string of the molecule is CCCCCCCCCCC(=O)OCC(CCCCN(CCN(CCO)CCCCCC(=O)OCC(CCCCCC)CCCCCCCC)C1CCCCCC1)COC(=O)CC(CCCCCC)CCCCCCCC. The molecule has 0 radical (unpaired) electrons. The molecule has 0 aromatic heterocycles. The highest BCUT2D eigenvalue weighted by atomic mass is 16.5. The maximum atomic E-state index is 13.5. The molecule has 1 aliphatic rings. The lowest BCUT2D eigenvalue weighted by atomic mass is 9.91. The lowest BCUT2D eigenvalue weighted by Crippen LogP contribution is -2.42. The standard InChI is InChI=1S/C68H132N2O7/c1-6-11-16-21-24-25-28-38-50-67(73)76-60-64(61-77-68(74)58-62(43-32-19-14-9-4)44-34-26-22-17-12-7-2)47-40-42-53-70(65-48-36-29-30-37-49-65)55-54-69(56-57-71)52-41-31-39-51-66(72)75-59-63(45-33-20-15-10-5)46-35-27-23-18-13-8-3/h62-65,71H,6-61H2,1-5H3. The van der Waals surface area contributed by atoms with E-state index in [-0.39, 0.29) is 30.4 Å². The van der Waals surface area contributed by atoms with E-state index in [0.717, 1.165) is 90.4 Å². The van der Waals surface area contributed by atoms with Crippen molar-refractivity contribution in [2.45, 2.75) is 342 Å². The molecule has 3 unspecified atom stereocenters. The normalized spacial score (nSPS) is 14.5. The maximum absolute atomic E-state index is 13.5. The van der Waals surface area contributed by atoms with E-state index in [1.54, 1.807) is 0 Å². The van der Waals surface area contributed by atoms with Crippen LogP contribution in [0.2, 0.25) is 0 Å². The zero-order valence-corrected chi connectivity index (χ0v) is 52.2. The summed E-state index contributed by atoms with van der Waals surface area (Å²) >= 11 is 0. The van der Waals surface area contributed by atoms with Gasteiger partial charge in [0.05, 0.1) is 26.4 Å². The molecule has 0 aromatic carbocycles. The average Bonchev–Trinajstić information content (AvgIpc) is 3.72. The first-order chi connectivity index (χ1) is 37.8. The zero-order valence-electron chi connectivity index (χ0n) is 52.2. The van der Waals surface area contributed by atoms with E-state index < -0.39 is 0 Å². The third-order valence-corrected chi connectivity index (χ3v) is 17.1. The van der Waals surface area contributed by atoms with Crippen LogP contribution >= 0.6 is 0 Å². The Morgan fingerprint density at radius 3 is 1.22 bits per heavy atom. The molecule has 1 rings (SSSR count). The molecule has 0 heterocycles. The van der Waals surface area contributed by atoms with Gasteiger partial charge in [0.1, 0.15) is 0 Å². The Kier molecular flexibility index (Phi) is 53.5. The van der Waals surface area contributed by atoms with Crippen molar-refractivity contribution in [2.75, 3.05) is 59.2 Å². The molecule has 77 heavy (non-hydrogen) atoms. The van der Waals surface area contributed by atoms with E-state index in [2.05, 4.69) is 44.4 Å². The van der Waals surface area contributed by atoms with Crippen molar-refractivity contribution in [1.82, 2.24) is 9.80 Å². The van der Waals surface area contributed by atoms with Crippen LogP contribution in [-0.4, -0.2) is 98.0 Å². The molecule has 1 N–H and O–H groups in total. The van der Waals surface area contributed by atoms with Gasteiger partial charge in [-0.1, -0.05) is 247 Å². The topological polar surface area (TPSA) is 106 Å². The van der Waals surface area contributed by atoms with Gasteiger partial charge < -0.3 is 19.3 Å². The van der Waals surface area contributed by atoms with Crippen molar-refractivity contribution in [2.24, 2.45) is 17.8 Å². The summed E-state index contributed by atoms with van der Waals surface area (Å²) in [4.78, 5) is 44.6. The monoisotopic (exact) mass is 1090 g/mol. The third kappa shape index (κ3) is 46.6. The van der Waals surface area contributed by atoms with Gasteiger partial charge in [-0.2, -0.15) is 0 Å². The van der Waals surface area contributed by atoms with Gasteiger partial charge in [0.2, 0.25) is 0 Å². The van der Waals surface area contributed by atoms with Gasteiger partial charge in [0.25, 0.3) is 0 Å². The molecule has 0 saturated heterocycles. The number of unbranched alkanes of at least 4 members (excludes halogenated alkanes) is 26. The molecule has 456 valence electrons. The fourth-order valence-electron chi connectivity index (χ4n) is 11.9. The van der Waals surface area contributed by atoms with Crippen molar-refractivity contribution < 1.29 is 33.7 Å². The van der Waals surface area contributed by atoms with Crippen molar-refractivity contribution in [1.29, 1.82) is 0 Å². The van der Waals surface area contributed by atoms with Gasteiger partial charge in [-0.3, -0.25) is 24.2 Å². The fourth-order valence-corrected chi connectivity index (χ4v) is 11.9. The highest BCUT2D eigenvalue weighted by Crippen LogP contribution is 2.26. The van der Waals surface area contributed by atoms with Gasteiger partial charge in [0.15, 0.2) is 0 Å². The van der Waals surface area contributed by atoms with Crippen LogP contribution in [0.25, 0.3) is 0 Å². The molecule has 1 fully saturated rings. The summed E-state index contributed by atoms with van der Waals surface area (Å²) in [5.74, 6) is 0.669. The number of ether oxygens (including phenoxy) is 3.